The normalized spacial score (nSPS) is 16.5. The van der Waals surface area contributed by atoms with Gasteiger partial charge < -0.3 is 0 Å². The zero-order valence-corrected chi connectivity index (χ0v) is 15.4. The molecule has 3 aromatic heterocycles. The van der Waals surface area contributed by atoms with Gasteiger partial charge >= 0.3 is 0 Å². The molecule has 4 nitrogen and oxygen atoms in total. The molecule has 130 valence electrons. The number of nitrogens with zero attached hydrogens (tertiary/aromatic N) is 4. The lowest BCUT2D eigenvalue weighted by molar-refractivity contribution is -0.660. The Hall–Kier alpha value is -3.14. The molecule has 0 saturated heterocycles. The first-order valence-electron chi connectivity index (χ1n) is 9.62. The predicted octanol–water partition coefficient (Wildman–Crippen LogP) is 4.09. The van der Waals surface area contributed by atoms with Gasteiger partial charge in [-0.3, -0.25) is 8.97 Å². The highest BCUT2D eigenvalue weighted by Gasteiger charge is 2.54. The van der Waals surface area contributed by atoms with E-state index >= 15 is 0 Å². The van der Waals surface area contributed by atoms with Crippen molar-refractivity contribution >= 4 is 27.8 Å². The van der Waals surface area contributed by atoms with Crippen molar-refractivity contribution in [2.75, 3.05) is 0 Å². The lowest BCUT2D eigenvalue weighted by Gasteiger charge is -2.26. The van der Waals surface area contributed by atoms with Crippen LogP contribution >= 0.6 is 0 Å². The number of fused-ring (bicyclic) bond motifs is 9. The number of pyridine rings is 1. The molecule has 1 spiro atoms. The summed E-state index contributed by atoms with van der Waals surface area (Å²) in [4.78, 5) is 5.08. The van der Waals surface area contributed by atoms with Crippen LogP contribution in [0.5, 0.6) is 0 Å². The molecule has 4 heterocycles. The van der Waals surface area contributed by atoms with E-state index in [1.807, 2.05) is 0 Å². The Bertz CT molecular complexity index is 1450. The molecule has 2 aromatic carbocycles. The number of aromatic nitrogens is 4. The Balaban J connectivity index is 1.83. The fourth-order valence-corrected chi connectivity index (χ4v) is 5.32. The molecule has 0 N–H and O–H groups in total. The molecule has 1 aliphatic carbocycles. The second-order valence-electron chi connectivity index (χ2n) is 8.11. The number of aryl methyl sites for hydroxylation is 2. The molecule has 1 saturated carbocycles. The van der Waals surface area contributed by atoms with E-state index in [9.17, 15) is 0 Å². The topological polar surface area (TPSA) is 26.1 Å². The molecule has 5 aromatic rings. The van der Waals surface area contributed by atoms with Gasteiger partial charge in [-0.2, -0.15) is 0 Å². The zero-order chi connectivity index (χ0) is 17.9. The van der Waals surface area contributed by atoms with Gasteiger partial charge in [-0.15, -0.1) is 0 Å². The molecule has 27 heavy (non-hydrogen) atoms. The summed E-state index contributed by atoms with van der Waals surface area (Å²) in [6, 6.07) is 17.5. The van der Waals surface area contributed by atoms with Crippen molar-refractivity contribution in [1.82, 2.24) is 14.0 Å². The second kappa shape index (κ2) is 4.22. The van der Waals surface area contributed by atoms with Gasteiger partial charge in [0.1, 0.15) is 7.05 Å². The molecule has 1 aliphatic heterocycles. The van der Waals surface area contributed by atoms with E-state index < -0.39 is 0 Å². The minimum atomic E-state index is 0.0551. The molecule has 7 rings (SSSR count). The summed E-state index contributed by atoms with van der Waals surface area (Å²) in [6.45, 7) is 2.23. The zero-order valence-electron chi connectivity index (χ0n) is 15.4. The first-order valence-corrected chi connectivity index (χ1v) is 9.62. The maximum absolute atomic E-state index is 5.08. The molecular formula is C23H19N4+. The summed E-state index contributed by atoms with van der Waals surface area (Å²) in [5.41, 5.74) is 10.4. The molecule has 4 heteroatoms. The van der Waals surface area contributed by atoms with Crippen molar-refractivity contribution in [2.24, 2.45) is 7.05 Å². The third kappa shape index (κ3) is 1.41. The summed E-state index contributed by atoms with van der Waals surface area (Å²) in [7, 11) is 2.17. The van der Waals surface area contributed by atoms with Gasteiger partial charge in [0.15, 0.2) is 6.20 Å². The summed E-state index contributed by atoms with van der Waals surface area (Å²) in [6.07, 6.45) is 4.53. The molecule has 0 bridgehead atoms. The summed E-state index contributed by atoms with van der Waals surface area (Å²) in [5.74, 6) is 1.08. The van der Waals surface area contributed by atoms with E-state index in [1.54, 1.807) is 0 Å². The monoisotopic (exact) mass is 351 g/mol. The summed E-state index contributed by atoms with van der Waals surface area (Å²) < 4.78 is 7.21. The van der Waals surface area contributed by atoms with Crippen molar-refractivity contribution in [2.45, 2.75) is 25.3 Å². The minimum Gasteiger partial charge on any atom is -0.298 e. The number of para-hydroxylation sites is 2. The van der Waals surface area contributed by atoms with Crippen molar-refractivity contribution in [1.29, 1.82) is 0 Å². The van der Waals surface area contributed by atoms with Gasteiger partial charge in [-0.1, -0.05) is 18.2 Å². The second-order valence-corrected chi connectivity index (χ2v) is 8.11. The lowest BCUT2D eigenvalue weighted by atomic mass is 9.90. The quantitative estimate of drug-likeness (QED) is 0.386. The Morgan fingerprint density at radius 1 is 1.00 bits per heavy atom. The van der Waals surface area contributed by atoms with Crippen LogP contribution in [-0.4, -0.2) is 14.0 Å². The number of hydrogen-bond donors (Lipinski definition) is 0. The molecule has 0 radical (unpaired) electrons. The van der Waals surface area contributed by atoms with Crippen LogP contribution in [0.25, 0.3) is 39.1 Å². The number of benzene rings is 2. The van der Waals surface area contributed by atoms with E-state index in [0.29, 0.717) is 0 Å². The van der Waals surface area contributed by atoms with Crippen LogP contribution in [-0.2, 0) is 12.6 Å². The van der Waals surface area contributed by atoms with Crippen molar-refractivity contribution in [3.8, 4) is 11.3 Å². The standard InChI is InChI=1S/C23H19N4/c1-14-9-10-18-21-19(14)20-15(6-5-13-25(20)2)23(11-12-23)27(21)22-24-16-7-3-4-8-17(16)26(18)22/h3-10,13H,11-12H2,1-2H3/q+1. The van der Waals surface area contributed by atoms with Crippen LogP contribution in [0.2, 0.25) is 0 Å². The van der Waals surface area contributed by atoms with Gasteiger partial charge in [0.25, 0.3) is 0 Å². The Morgan fingerprint density at radius 2 is 1.85 bits per heavy atom. The third-order valence-electron chi connectivity index (χ3n) is 6.64. The number of rotatable bonds is 0. The van der Waals surface area contributed by atoms with Crippen LogP contribution in [0.4, 0.5) is 0 Å². The lowest BCUT2D eigenvalue weighted by Crippen LogP contribution is -2.37. The molecule has 1 fully saturated rings. The van der Waals surface area contributed by atoms with Crippen molar-refractivity contribution < 1.29 is 4.57 Å². The molecular weight excluding hydrogens is 332 g/mol. The van der Waals surface area contributed by atoms with E-state index in [1.165, 1.54) is 51.8 Å². The largest absolute Gasteiger partial charge is 0.298 e. The Kier molecular flexibility index (Phi) is 2.19. The number of imidazole rings is 2. The van der Waals surface area contributed by atoms with Crippen LogP contribution in [0.15, 0.2) is 54.7 Å². The Morgan fingerprint density at radius 3 is 2.70 bits per heavy atom. The van der Waals surface area contributed by atoms with Gasteiger partial charge in [0.2, 0.25) is 11.5 Å². The average Bonchev–Trinajstić information content (AvgIpc) is 3.25. The smallest absolute Gasteiger partial charge is 0.220 e. The number of hydrogen-bond acceptors (Lipinski definition) is 1. The van der Waals surface area contributed by atoms with Gasteiger partial charge in [-0.05, 0) is 49.6 Å². The average molecular weight is 351 g/mol. The highest BCUT2D eigenvalue weighted by Crippen LogP contribution is 2.58. The fourth-order valence-electron chi connectivity index (χ4n) is 5.32. The van der Waals surface area contributed by atoms with Gasteiger partial charge in [0, 0.05) is 6.07 Å². The first-order chi connectivity index (χ1) is 13.2. The van der Waals surface area contributed by atoms with E-state index in [-0.39, 0.29) is 5.54 Å². The van der Waals surface area contributed by atoms with Crippen molar-refractivity contribution in [3.63, 3.8) is 0 Å². The predicted molar refractivity (Wildman–Crippen MR) is 106 cm³/mol. The molecule has 0 atom stereocenters. The molecule has 0 amide bonds. The summed E-state index contributed by atoms with van der Waals surface area (Å²) >= 11 is 0. The maximum Gasteiger partial charge on any atom is 0.220 e. The first kappa shape index (κ1) is 14.0. The van der Waals surface area contributed by atoms with E-state index in [4.69, 9.17) is 4.98 Å². The maximum atomic E-state index is 5.08. The summed E-state index contributed by atoms with van der Waals surface area (Å²) in [5, 5.41) is 0. The van der Waals surface area contributed by atoms with E-state index in [2.05, 4.69) is 82.2 Å². The fraction of sp³-hybridized carbons (Fsp3) is 0.217. The highest BCUT2D eigenvalue weighted by molar-refractivity contribution is 6.01. The van der Waals surface area contributed by atoms with Gasteiger partial charge in [-0.25, -0.2) is 9.55 Å². The molecule has 2 aliphatic rings. The van der Waals surface area contributed by atoms with Crippen LogP contribution in [0.3, 0.4) is 0 Å². The van der Waals surface area contributed by atoms with Crippen molar-refractivity contribution in [3.05, 3.63) is 65.9 Å². The van der Waals surface area contributed by atoms with Crippen LogP contribution in [0.1, 0.15) is 24.0 Å². The third-order valence-corrected chi connectivity index (χ3v) is 6.64. The van der Waals surface area contributed by atoms with Crippen LogP contribution in [0, 0.1) is 6.92 Å². The van der Waals surface area contributed by atoms with E-state index in [0.717, 1.165) is 11.3 Å². The minimum absolute atomic E-state index is 0.0551. The van der Waals surface area contributed by atoms with Gasteiger partial charge in [0.05, 0.1) is 38.7 Å². The highest BCUT2D eigenvalue weighted by atomic mass is 15.3. The SMILES string of the molecule is Cc1ccc2c3c1-c1c(ccc[n+]1C)C1(CC1)n3c1nc3ccccc3n21. The Labute approximate surface area is 156 Å². The van der Waals surface area contributed by atoms with Crippen LogP contribution < -0.4 is 4.57 Å². The molecule has 0 unspecified atom stereocenters.